The Morgan fingerprint density at radius 3 is 2.82 bits per heavy atom. The highest BCUT2D eigenvalue weighted by Crippen LogP contribution is 2.47. The number of methoxy groups -OCH3 is 1. The van der Waals surface area contributed by atoms with E-state index in [0.29, 0.717) is 37.0 Å². The molecule has 1 aromatic rings. The molecule has 1 saturated carbocycles. The van der Waals surface area contributed by atoms with Crippen LogP contribution in [0, 0.1) is 5.92 Å². The Bertz CT molecular complexity index is 561. The molecular weight excluding hydrogens is 282 g/mol. The number of esters is 1. The van der Waals surface area contributed by atoms with Crippen molar-refractivity contribution in [1.82, 2.24) is 4.90 Å². The maximum Gasteiger partial charge on any atom is 0.305 e. The van der Waals surface area contributed by atoms with Gasteiger partial charge in [0.05, 0.1) is 7.11 Å². The summed E-state index contributed by atoms with van der Waals surface area (Å²) in [4.78, 5) is 24.5. The van der Waals surface area contributed by atoms with Crippen LogP contribution in [0.15, 0.2) is 22.6 Å². The van der Waals surface area contributed by atoms with Gasteiger partial charge in [0.1, 0.15) is 11.5 Å². The van der Waals surface area contributed by atoms with Crippen molar-refractivity contribution in [3.05, 3.63) is 29.7 Å². The fourth-order valence-corrected chi connectivity index (χ4v) is 2.33. The quantitative estimate of drug-likeness (QED) is 0.574. The van der Waals surface area contributed by atoms with Crippen molar-refractivity contribution in [3.63, 3.8) is 0 Å². The lowest BCUT2D eigenvalue weighted by molar-refractivity contribution is -0.141. The van der Waals surface area contributed by atoms with Gasteiger partial charge in [0, 0.05) is 32.0 Å². The Kier molecular flexibility index (Phi) is 5.41. The van der Waals surface area contributed by atoms with Gasteiger partial charge in [-0.1, -0.05) is 6.92 Å². The van der Waals surface area contributed by atoms with Crippen molar-refractivity contribution in [2.45, 2.75) is 32.1 Å². The molecule has 5 nitrogen and oxygen atoms in total. The van der Waals surface area contributed by atoms with Crippen LogP contribution in [-0.2, 0) is 14.3 Å². The summed E-state index contributed by atoms with van der Waals surface area (Å²) in [6, 6.07) is 3.87. The van der Waals surface area contributed by atoms with E-state index in [4.69, 9.17) is 4.42 Å². The molecule has 1 aliphatic rings. The molecule has 1 heterocycles. The minimum atomic E-state index is -0.256. The number of likely N-dealkylation sites (N-methyl/N-ethyl adjacent to an activating group) is 1. The molecule has 0 aromatic carbocycles. The van der Waals surface area contributed by atoms with E-state index in [1.807, 2.05) is 12.1 Å². The number of carbonyl (C=O) groups is 2. The first-order chi connectivity index (χ1) is 10.5. The van der Waals surface area contributed by atoms with E-state index >= 15 is 0 Å². The zero-order valence-corrected chi connectivity index (χ0v) is 13.4. The molecule has 1 aliphatic carbocycles. The van der Waals surface area contributed by atoms with Crippen molar-refractivity contribution in [3.8, 4) is 0 Å². The lowest BCUT2D eigenvalue weighted by Crippen LogP contribution is -2.26. The highest BCUT2D eigenvalue weighted by atomic mass is 16.5. The Balaban J connectivity index is 1.77. The molecule has 2 unspecified atom stereocenters. The van der Waals surface area contributed by atoms with Crippen LogP contribution in [0.3, 0.4) is 0 Å². The molecule has 120 valence electrons. The van der Waals surface area contributed by atoms with Crippen LogP contribution in [0.1, 0.15) is 43.6 Å². The lowest BCUT2D eigenvalue weighted by atomic mass is 10.3. The molecule has 0 aliphatic heterocycles. The van der Waals surface area contributed by atoms with Crippen molar-refractivity contribution in [2.75, 3.05) is 20.7 Å². The molecule has 2 rings (SSSR count). The van der Waals surface area contributed by atoms with Gasteiger partial charge in [-0.25, -0.2) is 0 Å². The van der Waals surface area contributed by atoms with E-state index in [9.17, 15) is 9.59 Å². The van der Waals surface area contributed by atoms with Gasteiger partial charge in [-0.3, -0.25) is 9.59 Å². The molecule has 2 atom stereocenters. The summed E-state index contributed by atoms with van der Waals surface area (Å²) in [6.45, 7) is 2.72. The zero-order valence-electron chi connectivity index (χ0n) is 13.4. The summed E-state index contributed by atoms with van der Waals surface area (Å²) in [6.07, 6.45) is 5.28. The van der Waals surface area contributed by atoms with Crippen LogP contribution < -0.4 is 0 Å². The molecular formula is C17H23NO4. The van der Waals surface area contributed by atoms with Gasteiger partial charge in [-0.05, 0) is 37.0 Å². The second kappa shape index (κ2) is 7.29. The van der Waals surface area contributed by atoms with E-state index in [0.717, 1.165) is 5.76 Å². The second-order valence-corrected chi connectivity index (χ2v) is 5.83. The first-order valence-electron chi connectivity index (χ1n) is 7.61. The van der Waals surface area contributed by atoms with E-state index in [1.54, 1.807) is 18.0 Å². The summed E-state index contributed by atoms with van der Waals surface area (Å²) in [5, 5.41) is 0. The minimum absolute atomic E-state index is 0.109. The molecule has 1 aromatic heterocycles. The maximum atomic E-state index is 11.9. The monoisotopic (exact) mass is 305 g/mol. The summed E-state index contributed by atoms with van der Waals surface area (Å²) >= 11 is 0. The summed E-state index contributed by atoms with van der Waals surface area (Å²) in [5.74, 6) is 2.58. The summed E-state index contributed by atoms with van der Waals surface area (Å²) < 4.78 is 10.3. The number of amides is 1. The van der Waals surface area contributed by atoms with Crippen molar-refractivity contribution in [2.24, 2.45) is 5.92 Å². The SMILES string of the molecule is COC(=O)CCCN(C)C(=O)C=Cc1ccc(C2CC2C)o1. The Hall–Kier alpha value is -2.04. The highest BCUT2D eigenvalue weighted by Gasteiger charge is 2.36. The Morgan fingerprint density at radius 2 is 2.18 bits per heavy atom. The smallest absolute Gasteiger partial charge is 0.305 e. The number of hydrogen-bond acceptors (Lipinski definition) is 4. The van der Waals surface area contributed by atoms with Gasteiger partial charge in [0.25, 0.3) is 0 Å². The molecule has 0 N–H and O–H groups in total. The third-order valence-electron chi connectivity index (χ3n) is 3.99. The van der Waals surface area contributed by atoms with Crippen LogP contribution in [0.2, 0.25) is 0 Å². The topological polar surface area (TPSA) is 59.8 Å². The third-order valence-corrected chi connectivity index (χ3v) is 3.99. The first-order valence-corrected chi connectivity index (χ1v) is 7.61. The fourth-order valence-electron chi connectivity index (χ4n) is 2.33. The number of ether oxygens (including phenoxy) is 1. The predicted molar refractivity (Wildman–Crippen MR) is 83.2 cm³/mol. The van der Waals surface area contributed by atoms with Crippen LogP contribution in [0.25, 0.3) is 6.08 Å². The van der Waals surface area contributed by atoms with Gasteiger partial charge < -0.3 is 14.1 Å². The molecule has 5 heteroatoms. The van der Waals surface area contributed by atoms with Crippen LogP contribution >= 0.6 is 0 Å². The third kappa shape index (κ3) is 4.48. The Labute approximate surface area is 130 Å². The number of hydrogen-bond donors (Lipinski definition) is 0. The molecule has 22 heavy (non-hydrogen) atoms. The molecule has 1 amide bonds. The Morgan fingerprint density at radius 1 is 1.45 bits per heavy atom. The normalized spacial score (nSPS) is 20.1. The zero-order chi connectivity index (χ0) is 16.1. The predicted octanol–water partition coefficient (Wildman–Crippen LogP) is 2.83. The standard InChI is InChI=1S/C17H23NO4/c1-12-11-14(12)15-8-6-13(22-15)7-9-16(19)18(2)10-4-5-17(20)21-3/h6-9,12,14H,4-5,10-11H2,1-3H3. The molecule has 1 fully saturated rings. The van der Waals surface area contributed by atoms with Gasteiger partial charge in [0.15, 0.2) is 0 Å². The highest BCUT2D eigenvalue weighted by molar-refractivity contribution is 5.91. The molecule has 0 saturated heterocycles. The van der Waals surface area contributed by atoms with Gasteiger partial charge in [-0.2, -0.15) is 0 Å². The molecule has 0 radical (unpaired) electrons. The summed E-state index contributed by atoms with van der Waals surface area (Å²) in [7, 11) is 3.07. The van der Waals surface area contributed by atoms with Gasteiger partial charge in [0.2, 0.25) is 5.91 Å². The van der Waals surface area contributed by atoms with E-state index in [-0.39, 0.29) is 11.9 Å². The van der Waals surface area contributed by atoms with E-state index in [1.165, 1.54) is 19.6 Å². The average molecular weight is 305 g/mol. The first kappa shape index (κ1) is 16.3. The minimum Gasteiger partial charge on any atom is -0.469 e. The lowest BCUT2D eigenvalue weighted by Gasteiger charge is -2.14. The second-order valence-electron chi connectivity index (χ2n) is 5.83. The largest absolute Gasteiger partial charge is 0.469 e. The van der Waals surface area contributed by atoms with E-state index < -0.39 is 0 Å². The molecule has 0 bridgehead atoms. The van der Waals surface area contributed by atoms with Crippen molar-refractivity contribution >= 4 is 18.0 Å². The number of nitrogens with zero attached hydrogens (tertiary/aromatic N) is 1. The average Bonchev–Trinajstić information content (AvgIpc) is 3.05. The van der Waals surface area contributed by atoms with Crippen molar-refractivity contribution < 1.29 is 18.7 Å². The fraction of sp³-hybridized carbons (Fsp3) is 0.529. The number of rotatable bonds is 7. The van der Waals surface area contributed by atoms with Crippen molar-refractivity contribution in [1.29, 1.82) is 0 Å². The molecule has 0 spiro atoms. The van der Waals surface area contributed by atoms with Crippen LogP contribution in [-0.4, -0.2) is 37.5 Å². The van der Waals surface area contributed by atoms with Gasteiger partial charge >= 0.3 is 5.97 Å². The number of carbonyl (C=O) groups excluding carboxylic acids is 2. The van der Waals surface area contributed by atoms with E-state index in [2.05, 4.69) is 11.7 Å². The van der Waals surface area contributed by atoms with Crippen LogP contribution in [0.4, 0.5) is 0 Å². The van der Waals surface area contributed by atoms with Crippen LogP contribution in [0.5, 0.6) is 0 Å². The maximum absolute atomic E-state index is 11.9. The van der Waals surface area contributed by atoms with Gasteiger partial charge in [-0.15, -0.1) is 0 Å². The summed E-state index contributed by atoms with van der Waals surface area (Å²) in [5.41, 5.74) is 0. The number of furan rings is 1.